The van der Waals surface area contributed by atoms with Crippen molar-refractivity contribution in [2.24, 2.45) is 0 Å². The fourth-order valence-corrected chi connectivity index (χ4v) is 7.84. The summed E-state index contributed by atoms with van der Waals surface area (Å²) in [7, 11) is 0. The van der Waals surface area contributed by atoms with Gasteiger partial charge in [0.2, 0.25) is 0 Å². The van der Waals surface area contributed by atoms with Crippen molar-refractivity contribution in [2.45, 2.75) is 129 Å². The van der Waals surface area contributed by atoms with Crippen molar-refractivity contribution in [2.75, 3.05) is 26.4 Å². The molecular weight excluding hydrogens is 789 g/mol. The summed E-state index contributed by atoms with van der Waals surface area (Å²) in [5, 5.41) is 12.3. The molecular formula is C55H68O8. The zero-order chi connectivity index (χ0) is 44.2. The van der Waals surface area contributed by atoms with Crippen LogP contribution >= 0.6 is 0 Å². The van der Waals surface area contributed by atoms with E-state index in [4.69, 9.17) is 27.8 Å². The fourth-order valence-electron chi connectivity index (χ4n) is 7.84. The molecule has 1 N–H and O–H groups in total. The highest BCUT2D eigenvalue weighted by molar-refractivity contribution is 5.87. The van der Waals surface area contributed by atoms with Crippen LogP contribution in [-0.4, -0.2) is 49.7 Å². The molecule has 0 amide bonds. The molecule has 0 aliphatic carbocycles. The Labute approximate surface area is 374 Å². The van der Waals surface area contributed by atoms with E-state index in [-0.39, 0.29) is 24.8 Å². The van der Waals surface area contributed by atoms with Gasteiger partial charge in [0.05, 0.1) is 38.6 Å². The molecule has 0 fully saturated rings. The third-order valence-electron chi connectivity index (χ3n) is 11.6. The van der Waals surface area contributed by atoms with Gasteiger partial charge in [-0.05, 0) is 125 Å². The summed E-state index contributed by atoms with van der Waals surface area (Å²) in [5.41, 5.74) is 6.84. The predicted octanol–water partition coefficient (Wildman–Crippen LogP) is 14.0. The number of aliphatic hydroxyl groups excluding tert-OH is 1. The lowest BCUT2D eigenvalue weighted by atomic mass is 10.0. The molecule has 4 aromatic carbocycles. The minimum Gasteiger partial charge on any atom is -0.493 e. The molecule has 0 saturated heterocycles. The van der Waals surface area contributed by atoms with Crippen molar-refractivity contribution in [3.05, 3.63) is 120 Å². The van der Waals surface area contributed by atoms with Crippen LogP contribution in [0.2, 0.25) is 0 Å². The number of aryl methyl sites for hydroxylation is 2. The monoisotopic (exact) mass is 856 g/mol. The van der Waals surface area contributed by atoms with E-state index < -0.39 is 0 Å². The molecule has 0 aliphatic heterocycles. The van der Waals surface area contributed by atoms with Crippen LogP contribution in [0, 0.1) is 0 Å². The third-order valence-corrected chi connectivity index (χ3v) is 11.6. The molecule has 6 rings (SSSR count). The normalized spacial score (nSPS) is 12.0. The Morgan fingerprint density at radius 2 is 1.08 bits per heavy atom. The Hall–Kier alpha value is -5.31. The standard InChI is InChI=1S/C55H68O8/c1-5-7-9-15-41-20-24-43(25-21-41)51-35-45-28-30-48(37-53(45)62-51)58-33-13-18-47(61-50(39-56)17-11-12-32-60-55(57)40(3)4)19-14-34-59-49-31-29-46-36-52(63-54(46)38-49)44-26-22-42(23-27-44)16-10-8-6-2/h20-31,35-38,47,50,56H,3,5-19,32-34,39H2,1-2,4H3. The number of ether oxygens (including phenoxy) is 4. The first-order valence-corrected chi connectivity index (χ1v) is 23.4. The Morgan fingerprint density at radius 3 is 1.54 bits per heavy atom. The first-order valence-electron chi connectivity index (χ1n) is 23.4. The molecule has 6 aromatic rings. The molecule has 63 heavy (non-hydrogen) atoms. The number of carbonyl (C=O) groups excluding carboxylic acids is 1. The summed E-state index contributed by atoms with van der Waals surface area (Å²) in [5.74, 6) is 2.84. The smallest absolute Gasteiger partial charge is 0.333 e. The van der Waals surface area contributed by atoms with E-state index in [9.17, 15) is 9.90 Å². The Kier molecular flexibility index (Phi) is 18.8. The number of furan rings is 2. The number of unbranched alkanes of at least 4 members (excludes halogenated alkanes) is 5. The van der Waals surface area contributed by atoms with Gasteiger partial charge in [0.15, 0.2) is 0 Å². The van der Waals surface area contributed by atoms with Gasteiger partial charge < -0.3 is 32.9 Å². The highest BCUT2D eigenvalue weighted by Crippen LogP contribution is 2.32. The van der Waals surface area contributed by atoms with Crippen LogP contribution in [0.1, 0.15) is 115 Å². The number of esters is 1. The maximum atomic E-state index is 11.8. The Balaban J connectivity index is 1.00. The van der Waals surface area contributed by atoms with E-state index >= 15 is 0 Å². The molecule has 1 atom stereocenters. The number of fused-ring (bicyclic) bond motifs is 2. The van der Waals surface area contributed by atoms with Gasteiger partial charge in [-0.2, -0.15) is 0 Å². The van der Waals surface area contributed by atoms with Gasteiger partial charge in [0.1, 0.15) is 34.2 Å². The van der Waals surface area contributed by atoms with Gasteiger partial charge >= 0.3 is 5.97 Å². The molecule has 0 saturated carbocycles. The van der Waals surface area contributed by atoms with Crippen LogP contribution in [0.3, 0.4) is 0 Å². The summed E-state index contributed by atoms with van der Waals surface area (Å²) in [6, 6.07) is 33.6. The molecule has 0 bridgehead atoms. The van der Waals surface area contributed by atoms with Gasteiger partial charge in [0.25, 0.3) is 0 Å². The van der Waals surface area contributed by atoms with Crippen molar-refractivity contribution in [3.63, 3.8) is 0 Å². The van der Waals surface area contributed by atoms with Crippen LogP contribution in [-0.2, 0) is 27.1 Å². The SMILES string of the molecule is C=C(C)C(=O)OCCCCC(CO)OC(CCCOc1ccc2cc(-c3ccc(CCCCC)cc3)oc2c1)CCCOc1ccc2cc(-c3ccc(CCCCC)cc3)oc2c1. The van der Waals surface area contributed by atoms with Crippen molar-refractivity contribution in [3.8, 4) is 34.1 Å². The first-order chi connectivity index (χ1) is 30.8. The topological polar surface area (TPSA) is 101 Å². The second-order valence-corrected chi connectivity index (χ2v) is 16.9. The minimum atomic E-state index is -0.380. The Bertz CT molecular complexity index is 2140. The first kappa shape index (κ1) is 47.2. The maximum Gasteiger partial charge on any atom is 0.333 e. The van der Waals surface area contributed by atoms with Crippen LogP contribution in [0.5, 0.6) is 11.5 Å². The van der Waals surface area contributed by atoms with E-state index in [2.05, 4.69) is 81.1 Å². The van der Waals surface area contributed by atoms with Gasteiger partial charge in [-0.1, -0.05) is 94.6 Å². The molecule has 1 unspecified atom stereocenters. The number of hydrogen-bond acceptors (Lipinski definition) is 8. The molecule has 0 spiro atoms. The lowest BCUT2D eigenvalue weighted by Crippen LogP contribution is -2.26. The number of benzene rings is 4. The van der Waals surface area contributed by atoms with Gasteiger partial charge in [-0.25, -0.2) is 4.79 Å². The number of rotatable bonds is 29. The molecule has 0 radical (unpaired) electrons. The van der Waals surface area contributed by atoms with Crippen molar-refractivity contribution in [1.82, 2.24) is 0 Å². The van der Waals surface area contributed by atoms with Gasteiger partial charge in [0, 0.05) is 39.6 Å². The highest BCUT2D eigenvalue weighted by Gasteiger charge is 2.18. The van der Waals surface area contributed by atoms with Crippen molar-refractivity contribution >= 4 is 27.9 Å². The quantitative estimate of drug-likeness (QED) is 0.0283. The van der Waals surface area contributed by atoms with Gasteiger partial charge in [-0.3, -0.25) is 0 Å². The van der Waals surface area contributed by atoms with Crippen LogP contribution in [0.15, 0.2) is 118 Å². The van der Waals surface area contributed by atoms with E-state index in [1.807, 2.05) is 36.4 Å². The minimum absolute atomic E-state index is 0.0858. The largest absolute Gasteiger partial charge is 0.493 e. The lowest BCUT2D eigenvalue weighted by molar-refractivity contribution is -0.139. The average molecular weight is 857 g/mol. The van der Waals surface area contributed by atoms with Crippen LogP contribution < -0.4 is 9.47 Å². The summed E-state index contributed by atoms with van der Waals surface area (Å²) < 4.78 is 36.8. The van der Waals surface area contributed by atoms with E-state index in [1.54, 1.807) is 6.92 Å². The predicted molar refractivity (Wildman–Crippen MR) is 255 cm³/mol. The molecule has 2 aromatic heterocycles. The molecule has 0 aliphatic rings. The summed E-state index contributed by atoms with van der Waals surface area (Å²) >= 11 is 0. The number of carbonyl (C=O) groups is 1. The van der Waals surface area contributed by atoms with Crippen molar-refractivity contribution < 1.29 is 37.7 Å². The molecule has 336 valence electrons. The number of aliphatic hydroxyl groups is 1. The highest BCUT2D eigenvalue weighted by atomic mass is 16.5. The Morgan fingerprint density at radius 1 is 0.587 bits per heavy atom. The lowest BCUT2D eigenvalue weighted by Gasteiger charge is -2.24. The molecule has 8 heteroatoms. The van der Waals surface area contributed by atoms with Crippen LogP contribution in [0.25, 0.3) is 44.6 Å². The van der Waals surface area contributed by atoms with E-state index in [0.717, 1.165) is 101 Å². The second-order valence-electron chi connectivity index (χ2n) is 16.9. The number of hydrogen-bond donors (Lipinski definition) is 1. The zero-order valence-electron chi connectivity index (χ0n) is 37.8. The van der Waals surface area contributed by atoms with Crippen LogP contribution in [0.4, 0.5) is 0 Å². The average Bonchev–Trinajstić information content (AvgIpc) is 3.93. The molecule has 8 nitrogen and oxygen atoms in total. The summed E-state index contributed by atoms with van der Waals surface area (Å²) in [4.78, 5) is 11.8. The van der Waals surface area contributed by atoms with E-state index in [0.29, 0.717) is 38.2 Å². The fraction of sp³-hybridized carbons (Fsp3) is 0.436. The van der Waals surface area contributed by atoms with E-state index in [1.165, 1.54) is 49.7 Å². The summed E-state index contributed by atoms with van der Waals surface area (Å²) in [6.07, 6.45) is 14.3. The third kappa shape index (κ3) is 14.9. The maximum absolute atomic E-state index is 11.8. The summed E-state index contributed by atoms with van der Waals surface area (Å²) in [6.45, 7) is 11.0. The molecule has 2 heterocycles. The second kappa shape index (κ2) is 25.1. The zero-order valence-corrected chi connectivity index (χ0v) is 37.8. The van der Waals surface area contributed by atoms with Gasteiger partial charge in [-0.15, -0.1) is 0 Å². The van der Waals surface area contributed by atoms with Crippen molar-refractivity contribution in [1.29, 1.82) is 0 Å².